The minimum absolute atomic E-state index is 0.0600. The summed E-state index contributed by atoms with van der Waals surface area (Å²) < 4.78 is 33.1. The summed E-state index contributed by atoms with van der Waals surface area (Å²) in [5.41, 5.74) is 0. The molecular weight excluding hydrogens is 230 g/mol. The molecule has 96 valence electrons. The highest BCUT2D eigenvalue weighted by molar-refractivity contribution is 7.90. The van der Waals surface area contributed by atoms with Gasteiger partial charge in [0.05, 0.1) is 25.0 Å². The third-order valence-electron chi connectivity index (χ3n) is 2.34. The Morgan fingerprint density at radius 1 is 1.38 bits per heavy atom. The molecule has 0 spiro atoms. The van der Waals surface area contributed by atoms with Gasteiger partial charge >= 0.3 is 0 Å². The van der Waals surface area contributed by atoms with Crippen LogP contribution >= 0.6 is 0 Å². The first-order valence-electron chi connectivity index (χ1n) is 5.40. The van der Waals surface area contributed by atoms with Crippen LogP contribution in [0.3, 0.4) is 0 Å². The molecule has 0 amide bonds. The quantitative estimate of drug-likeness (QED) is 0.771. The van der Waals surface area contributed by atoms with Crippen LogP contribution in [0.1, 0.15) is 20.8 Å². The summed E-state index contributed by atoms with van der Waals surface area (Å²) in [6.45, 7) is 6.66. The molecule has 0 aliphatic carbocycles. The summed E-state index contributed by atoms with van der Waals surface area (Å²) >= 11 is 0. The standard InChI is InChI=1S/C10H21NO4S/c1-8(7-16(4,12)13)11-9-5-14-10(2,3)15-6-9/h8-9,11H,5-7H2,1-4H3. The first kappa shape index (κ1) is 13.9. The summed E-state index contributed by atoms with van der Waals surface area (Å²) in [6.07, 6.45) is 1.24. The SMILES string of the molecule is CC(CS(C)(=O)=O)NC1COC(C)(C)OC1. The Morgan fingerprint density at radius 2 is 1.88 bits per heavy atom. The summed E-state index contributed by atoms with van der Waals surface area (Å²) in [7, 11) is -2.94. The number of nitrogens with one attached hydrogen (secondary N) is 1. The van der Waals surface area contributed by atoms with Crippen LogP contribution < -0.4 is 5.32 Å². The molecule has 1 aliphatic rings. The molecule has 16 heavy (non-hydrogen) atoms. The molecule has 1 unspecified atom stereocenters. The topological polar surface area (TPSA) is 64.6 Å². The molecule has 1 N–H and O–H groups in total. The molecular formula is C10H21NO4S. The lowest BCUT2D eigenvalue weighted by molar-refractivity contribution is -0.253. The number of sulfone groups is 1. The van der Waals surface area contributed by atoms with Gasteiger partial charge in [0, 0.05) is 12.3 Å². The zero-order valence-corrected chi connectivity index (χ0v) is 11.1. The van der Waals surface area contributed by atoms with Crippen molar-refractivity contribution in [1.29, 1.82) is 0 Å². The predicted molar refractivity (Wildman–Crippen MR) is 62.1 cm³/mol. The molecule has 0 aromatic carbocycles. The van der Waals surface area contributed by atoms with Gasteiger partial charge in [0.2, 0.25) is 0 Å². The fraction of sp³-hybridized carbons (Fsp3) is 1.00. The molecule has 1 aliphatic heterocycles. The highest BCUT2D eigenvalue weighted by Crippen LogP contribution is 2.17. The Kier molecular flexibility index (Phi) is 4.34. The summed E-state index contributed by atoms with van der Waals surface area (Å²) in [5, 5.41) is 3.18. The average Bonchev–Trinajstić information content (AvgIpc) is 2.05. The van der Waals surface area contributed by atoms with Crippen molar-refractivity contribution in [3.63, 3.8) is 0 Å². The first-order valence-corrected chi connectivity index (χ1v) is 7.46. The van der Waals surface area contributed by atoms with Gasteiger partial charge in [-0.3, -0.25) is 0 Å². The Morgan fingerprint density at radius 3 is 2.31 bits per heavy atom. The molecule has 1 atom stereocenters. The van der Waals surface area contributed by atoms with Crippen molar-refractivity contribution in [3.8, 4) is 0 Å². The zero-order valence-electron chi connectivity index (χ0n) is 10.3. The second-order valence-electron chi connectivity index (χ2n) is 4.88. The third-order valence-corrected chi connectivity index (χ3v) is 3.44. The number of hydrogen-bond donors (Lipinski definition) is 1. The smallest absolute Gasteiger partial charge is 0.162 e. The minimum atomic E-state index is -2.94. The minimum Gasteiger partial charge on any atom is -0.349 e. The molecule has 0 bridgehead atoms. The Balaban J connectivity index is 2.34. The van der Waals surface area contributed by atoms with E-state index in [2.05, 4.69) is 5.32 Å². The van der Waals surface area contributed by atoms with Crippen LogP contribution in [0.25, 0.3) is 0 Å². The second-order valence-corrected chi connectivity index (χ2v) is 7.06. The van der Waals surface area contributed by atoms with E-state index in [-0.39, 0.29) is 17.8 Å². The molecule has 1 saturated heterocycles. The molecule has 1 rings (SSSR count). The molecule has 0 saturated carbocycles. The van der Waals surface area contributed by atoms with Gasteiger partial charge in [0.1, 0.15) is 9.84 Å². The predicted octanol–water partition coefficient (Wildman–Crippen LogP) is 0.161. The number of hydrogen-bond acceptors (Lipinski definition) is 5. The van der Waals surface area contributed by atoms with E-state index in [9.17, 15) is 8.42 Å². The van der Waals surface area contributed by atoms with E-state index in [4.69, 9.17) is 9.47 Å². The van der Waals surface area contributed by atoms with E-state index < -0.39 is 15.6 Å². The van der Waals surface area contributed by atoms with E-state index in [1.165, 1.54) is 6.26 Å². The lowest BCUT2D eigenvalue weighted by Crippen LogP contribution is -2.52. The lowest BCUT2D eigenvalue weighted by atomic mass is 10.2. The molecule has 1 fully saturated rings. The normalized spacial score (nSPS) is 24.2. The number of rotatable bonds is 4. The second kappa shape index (κ2) is 5.00. The molecule has 0 aromatic heterocycles. The van der Waals surface area contributed by atoms with Gasteiger partial charge in [-0.2, -0.15) is 0 Å². The Labute approximate surface area is 97.4 Å². The summed E-state index contributed by atoms with van der Waals surface area (Å²) in [5.74, 6) is -0.398. The highest BCUT2D eigenvalue weighted by Gasteiger charge is 2.29. The Bertz CT molecular complexity index is 316. The maximum absolute atomic E-state index is 11.1. The molecule has 6 heteroatoms. The van der Waals surface area contributed by atoms with E-state index in [1.54, 1.807) is 0 Å². The van der Waals surface area contributed by atoms with Crippen molar-refractivity contribution >= 4 is 9.84 Å². The van der Waals surface area contributed by atoms with E-state index in [0.29, 0.717) is 13.2 Å². The van der Waals surface area contributed by atoms with Crippen molar-refractivity contribution in [2.75, 3.05) is 25.2 Å². The molecule has 1 heterocycles. The monoisotopic (exact) mass is 251 g/mol. The number of ether oxygens (including phenoxy) is 2. The van der Waals surface area contributed by atoms with Gasteiger partial charge in [0.25, 0.3) is 0 Å². The van der Waals surface area contributed by atoms with Gasteiger partial charge in [-0.15, -0.1) is 0 Å². The van der Waals surface area contributed by atoms with Gasteiger partial charge in [-0.25, -0.2) is 8.42 Å². The Hall–Kier alpha value is -0.170. The molecule has 5 nitrogen and oxygen atoms in total. The molecule has 0 aromatic rings. The highest BCUT2D eigenvalue weighted by atomic mass is 32.2. The summed E-state index contributed by atoms with van der Waals surface area (Å²) in [6, 6.07) is -0.0295. The maximum atomic E-state index is 11.1. The van der Waals surface area contributed by atoms with Gasteiger partial charge in [-0.05, 0) is 20.8 Å². The van der Waals surface area contributed by atoms with Crippen molar-refractivity contribution in [2.24, 2.45) is 0 Å². The zero-order chi connectivity index (χ0) is 12.4. The van der Waals surface area contributed by atoms with Gasteiger partial charge < -0.3 is 14.8 Å². The maximum Gasteiger partial charge on any atom is 0.162 e. The van der Waals surface area contributed by atoms with Crippen molar-refractivity contribution < 1.29 is 17.9 Å². The van der Waals surface area contributed by atoms with Gasteiger partial charge in [0.15, 0.2) is 5.79 Å². The van der Waals surface area contributed by atoms with Crippen LogP contribution in [0.2, 0.25) is 0 Å². The van der Waals surface area contributed by atoms with Crippen LogP contribution in [0, 0.1) is 0 Å². The van der Waals surface area contributed by atoms with Crippen LogP contribution in [-0.2, 0) is 19.3 Å². The van der Waals surface area contributed by atoms with E-state index in [1.807, 2.05) is 20.8 Å². The fourth-order valence-electron chi connectivity index (χ4n) is 1.69. The van der Waals surface area contributed by atoms with Crippen molar-refractivity contribution in [2.45, 2.75) is 38.6 Å². The fourth-order valence-corrected chi connectivity index (χ4v) is 2.70. The third kappa shape index (κ3) is 5.25. The van der Waals surface area contributed by atoms with Crippen LogP contribution in [0.5, 0.6) is 0 Å². The van der Waals surface area contributed by atoms with Crippen LogP contribution in [0.4, 0.5) is 0 Å². The molecule has 0 radical (unpaired) electrons. The van der Waals surface area contributed by atoms with Crippen molar-refractivity contribution in [1.82, 2.24) is 5.32 Å². The average molecular weight is 251 g/mol. The summed E-state index contributed by atoms with van der Waals surface area (Å²) in [4.78, 5) is 0. The largest absolute Gasteiger partial charge is 0.349 e. The first-order chi connectivity index (χ1) is 7.18. The van der Waals surface area contributed by atoms with Crippen LogP contribution in [-0.4, -0.2) is 51.5 Å². The van der Waals surface area contributed by atoms with E-state index >= 15 is 0 Å². The van der Waals surface area contributed by atoms with Gasteiger partial charge in [-0.1, -0.05) is 0 Å². The van der Waals surface area contributed by atoms with Crippen LogP contribution in [0.15, 0.2) is 0 Å². The van der Waals surface area contributed by atoms with E-state index in [0.717, 1.165) is 0 Å². The van der Waals surface area contributed by atoms with Crippen molar-refractivity contribution in [3.05, 3.63) is 0 Å². The lowest BCUT2D eigenvalue weighted by Gasteiger charge is -2.36.